The van der Waals surface area contributed by atoms with Crippen LogP contribution in [0, 0.1) is 16.7 Å². The van der Waals surface area contributed by atoms with Gasteiger partial charge in [-0.25, -0.2) is 0 Å². The van der Waals surface area contributed by atoms with Crippen molar-refractivity contribution in [2.75, 3.05) is 0 Å². The zero-order valence-corrected chi connectivity index (χ0v) is 11.4. The number of fused-ring (bicyclic) bond motifs is 2. The number of phenols is 1. The number of hydrogen-bond donors (Lipinski definition) is 2. The summed E-state index contributed by atoms with van der Waals surface area (Å²) in [6.07, 6.45) is 3.00. The highest BCUT2D eigenvalue weighted by atomic mass is 16.3. The minimum Gasteiger partial charge on any atom is -0.508 e. The molecule has 2 aliphatic rings. The average molecular weight is 246 g/mol. The second kappa shape index (κ2) is 3.30. The summed E-state index contributed by atoms with van der Waals surface area (Å²) in [6, 6.07) is 7.26. The van der Waals surface area contributed by atoms with Gasteiger partial charge in [0.15, 0.2) is 0 Å². The lowest BCUT2D eigenvalue weighted by Crippen LogP contribution is -2.44. The molecule has 0 radical (unpaired) electrons. The Labute approximate surface area is 109 Å². The van der Waals surface area contributed by atoms with Crippen molar-refractivity contribution < 1.29 is 10.2 Å². The number of aliphatic hydroxyl groups is 1. The second-order valence-electron chi connectivity index (χ2n) is 6.87. The fraction of sp³-hybridized carbons (Fsp3) is 0.625. The third-order valence-electron chi connectivity index (χ3n) is 6.24. The molecule has 18 heavy (non-hydrogen) atoms. The van der Waals surface area contributed by atoms with Gasteiger partial charge >= 0.3 is 0 Å². The number of rotatable bonds is 1. The van der Waals surface area contributed by atoms with E-state index in [1.54, 1.807) is 6.07 Å². The molecule has 3 atom stereocenters. The van der Waals surface area contributed by atoms with Gasteiger partial charge in [0.05, 0.1) is 5.60 Å². The monoisotopic (exact) mass is 246 g/mol. The van der Waals surface area contributed by atoms with E-state index in [0.717, 1.165) is 12.8 Å². The first kappa shape index (κ1) is 12.0. The van der Waals surface area contributed by atoms with E-state index < -0.39 is 5.60 Å². The molecule has 0 saturated heterocycles. The molecule has 2 fully saturated rings. The predicted octanol–water partition coefficient (Wildman–Crippen LogP) is 3.43. The topological polar surface area (TPSA) is 40.5 Å². The first-order valence-corrected chi connectivity index (χ1v) is 6.84. The van der Waals surface area contributed by atoms with Crippen LogP contribution in [-0.2, 0) is 5.60 Å². The van der Waals surface area contributed by atoms with Crippen molar-refractivity contribution in [1.29, 1.82) is 0 Å². The Bertz CT molecular complexity index is 494. The maximum atomic E-state index is 11.3. The van der Waals surface area contributed by atoms with E-state index in [-0.39, 0.29) is 16.6 Å². The summed E-state index contributed by atoms with van der Waals surface area (Å²) in [7, 11) is 0. The molecule has 0 aliphatic heterocycles. The Balaban J connectivity index is 2.17. The van der Waals surface area contributed by atoms with Crippen LogP contribution in [0.2, 0.25) is 0 Å². The van der Waals surface area contributed by atoms with E-state index in [1.165, 1.54) is 6.42 Å². The summed E-state index contributed by atoms with van der Waals surface area (Å²) in [5.41, 5.74) is -0.194. The van der Waals surface area contributed by atoms with Gasteiger partial charge in [-0.2, -0.15) is 0 Å². The van der Waals surface area contributed by atoms with Crippen LogP contribution < -0.4 is 0 Å². The quantitative estimate of drug-likeness (QED) is 0.797. The average Bonchev–Trinajstić information content (AvgIpc) is 2.61. The van der Waals surface area contributed by atoms with Gasteiger partial charge in [-0.15, -0.1) is 0 Å². The largest absolute Gasteiger partial charge is 0.508 e. The minimum atomic E-state index is -0.884. The molecular formula is C16H22O2. The highest BCUT2D eigenvalue weighted by Gasteiger charge is 2.69. The van der Waals surface area contributed by atoms with Crippen LogP contribution in [0.15, 0.2) is 24.3 Å². The number of aromatic hydroxyl groups is 1. The third kappa shape index (κ3) is 1.13. The number of benzene rings is 1. The van der Waals surface area contributed by atoms with Crippen LogP contribution in [0.4, 0.5) is 0 Å². The van der Waals surface area contributed by atoms with E-state index in [2.05, 4.69) is 20.8 Å². The molecule has 98 valence electrons. The first-order chi connectivity index (χ1) is 8.33. The lowest BCUT2D eigenvalue weighted by Gasteiger charge is -2.45. The van der Waals surface area contributed by atoms with Crippen molar-refractivity contribution in [1.82, 2.24) is 0 Å². The van der Waals surface area contributed by atoms with Gasteiger partial charge in [-0.3, -0.25) is 0 Å². The van der Waals surface area contributed by atoms with Crippen LogP contribution in [0.3, 0.4) is 0 Å². The summed E-state index contributed by atoms with van der Waals surface area (Å²) in [6.45, 7) is 6.72. The molecule has 2 heteroatoms. The molecule has 0 spiro atoms. The normalized spacial score (nSPS) is 41.2. The first-order valence-electron chi connectivity index (χ1n) is 6.84. The van der Waals surface area contributed by atoms with Crippen LogP contribution in [-0.4, -0.2) is 10.2 Å². The SMILES string of the molecule is CC1(C)C2CCC1(C)C(O)(c1ccccc1O)C2. The molecule has 2 saturated carbocycles. The Hall–Kier alpha value is -1.02. The summed E-state index contributed by atoms with van der Waals surface area (Å²) < 4.78 is 0. The summed E-state index contributed by atoms with van der Waals surface area (Å²) in [5.74, 6) is 0.775. The van der Waals surface area contributed by atoms with E-state index in [4.69, 9.17) is 0 Å². The Morgan fingerprint density at radius 2 is 1.83 bits per heavy atom. The molecule has 0 amide bonds. The summed E-state index contributed by atoms with van der Waals surface area (Å²) in [5, 5.41) is 21.4. The molecule has 0 aromatic heterocycles. The van der Waals surface area contributed by atoms with Crippen molar-refractivity contribution in [3.05, 3.63) is 29.8 Å². The molecule has 2 aliphatic carbocycles. The van der Waals surface area contributed by atoms with Gasteiger partial charge in [0.25, 0.3) is 0 Å². The zero-order valence-electron chi connectivity index (χ0n) is 11.4. The molecule has 2 bridgehead atoms. The Kier molecular flexibility index (Phi) is 2.20. The van der Waals surface area contributed by atoms with Crippen molar-refractivity contribution in [3.8, 4) is 5.75 Å². The van der Waals surface area contributed by atoms with E-state index in [1.807, 2.05) is 18.2 Å². The zero-order chi connectivity index (χ0) is 13.2. The maximum Gasteiger partial charge on any atom is 0.121 e. The van der Waals surface area contributed by atoms with Crippen LogP contribution >= 0.6 is 0 Å². The summed E-state index contributed by atoms with van der Waals surface area (Å²) in [4.78, 5) is 0. The van der Waals surface area contributed by atoms with Gasteiger partial charge in [-0.05, 0) is 36.7 Å². The lowest BCUT2D eigenvalue weighted by atomic mass is 9.62. The molecule has 1 aromatic carbocycles. The second-order valence-corrected chi connectivity index (χ2v) is 6.87. The third-order valence-corrected chi connectivity index (χ3v) is 6.24. The minimum absolute atomic E-state index is 0.129. The van der Waals surface area contributed by atoms with Gasteiger partial charge in [0.1, 0.15) is 5.75 Å². The number of para-hydroxylation sites is 1. The van der Waals surface area contributed by atoms with Crippen molar-refractivity contribution >= 4 is 0 Å². The van der Waals surface area contributed by atoms with Crippen LogP contribution in [0.1, 0.15) is 45.6 Å². The van der Waals surface area contributed by atoms with Crippen LogP contribution in [0.25, 0.3) is 0 Å². The standard InChI is InChI=1S/C16H22O2/c1-14(2)11-8-9-15(14,3)16(18,10-11)12-6-4-5-7-13(12)17/h4-7,11,17-18H,8-10H2,1-3H3. The number of hydrogen-bond acceptors (Lipinski definition) is 2. The van der Waals surface area contributed by atoms with E-state index in [0.29, 0.717) is 11.5 Å². The Morgan fingerprint density at radius 3 is 2.33 bits per heavy atom. The molecule has 3 unspecified atom stereocenters. The van der Waals surface area contributed by atoms with Gasteiger partial charge in [-0.1, -0.05) is 39.0 Å². The predicted molar refractivity (Wildman–Crippen MR) is 71.2 cm³/mol. The molecule has 2 N–H and O–H groups in total. The van der Waals surface area contributed by atoms with Gasteiger partial charge < -0.3 is 10.2 Å². The van der Waals surface area contributed by atoms with Crippen molar-refractivity contribution in [2.24, 2.45) is 16.7 Å². The molecular weight excluding hydrogens is 224 g/mol. The van der Waals surface area contributed by atoms with Gasteiger partial charge in [0, 0.05) is 11.0 Å². The lowest BCUT2D eigenvalue weighted by molar-refractivity contribution is -0.0969. The smallest absolute Gasteiger partial charge is 0.121 e. The molecule has 1 aromatic rings. The fourth-order valence-electron chi connectivity index (χ4n) is 4.51. The highest BCUT2D eigenvalue weighted by molar-refractivity contribution is 5.41. The Morgan fingerprint density at radius 1 is 1.17 bits per heavy atom. The fourth-order valence-corrected chi connectivity index (χ4v) is 4.51. The molecule has 2 nitrogen and oxygen atoms in total. The number of phenolic OH excluding ortho intramolecular Hbond substituents is 1. The molecule has 3 rings (SSSR count). The van der Waals surface area contributed by atoms with E-state index in [9.17, 15) is 10.2 Å². The van der Waals surface area contributed by atoms with Crippen molar-refractivity contribution in [3.63, 3.8) is 0 Å². The maximum absolute atomic E-state index is 11.3. The molecule has 0 heterocycles. The van der Waals surface area contributed by atoms with Gasteiger partial charge in [0.2, 0.25) is 0 Å². The summed E-state index contributed by atoms with van der Waals surface area (Å²) >= 11 is 0. The van der Waals surface area contributed by atoms with E-state index >= 15 is 0 Å². The van der Waals surface area contributed by atoms with Crippen LogP contribution in [0.5, 0.6) is 5.75 Å². The highest BCUT2D eigenvalue weighted by Crippen LogP contribution is 2.73. The van der Waals surface area contributed by atoms with Crippen molar-refractivity contribution in [2.45, 2.75) is 45.6 Å².